The van der Waals surface area contributed by atoms with Crippen molar-refractivity contribution in [3.05, 3.63) is 57.8 Å². The number of anilines is 1. The third-order valence-electron chi connectivity index (χ3n) is 2.50. The van der Waals surface area contributed by atoms with Crippen LogP contribution in [-0.4, -0.2) is 0 Å². The highest BCUT2D eigenvalue weighted by Crippen LogP contribution is 2.32. The van der Waals surface area contributed by atoms with Gasteiger partial charge in [0.05, 0.1) is 21.8 Å². The quantitative estimate of drug-likeness (QED) is 0.879. The summed E-state index contributed by atoms with van der Waals surface area (Å²) in [5.41, 5.74) is 7.42. The molecule has 0 saturated heterocycles. The van der Waals surface area contributed by atoms with Crippen LogP contribution >= 0.6 is 15.9 Å². The third-order valence-corrected chi connectivity index (χ3v) is 3.09. The first-order chi connectivity index (χ1) is 9.10. The molecule has 0 atom stereocenters. The molecule has 0 radical (unpaired) electrons. The van der Waals surface area contributed by atoms with Crippen LogP contribution in [0.5, 0.6) is 5.75 Å². The van der Waals surface area contributed by atoms with E-state index in [1.54, 1.807) is 24.3 Å². The molecule has 2 N–H and O–H groups in total. The van der Waals surface area contributed by atoms with Gasteiger partial charge >= 0.3 is 0 Å². The van der Waals surface area contributed by atoms with Gasteiger partial charge in [-0.1, -0.05) is 12.1 Å². The molecule has 3 nitrogen and oxygen atoms in total. The average Bonchev–Trinajstić information content (AvgIpc) is 2.38. The van der Waals surface area contributed by atoms with Gasteiger partial charge in [-0.3, -0.25) is 0 Å². The Kier molecular flexibility index (Phi) is 4.03. The van der Waals surface area contributed by atoms with Gasteiger partial charge < -0.3 is 10.5 Å². The molecule has 0 saturated carbocycles. The Balaban J connectivity index is 2.12. The van der Waals surface area contributed by atoms with E-state index in [1.165, 1.54) is 12.1 Å². The monoisotopic (exact) mass is 320 g/mol. The van der Waals surface area contributed by atoms with Gasteiger partial charge in [0, 0.05) is 6.07 Å². The lowest BCUT2D eigenvalue weighted by molar-refractivity contribution is 0.305. The van der Waals surface area contributed by atoms with Gasteiger partial charge in [-0.2, -0.15) is 5.26 Å². The summed E-state index contributed by atoms with van der Waals surface area (Å²) in [4.78, 5) is 0. The predicted molar refractivity (Wildman–Crippen MR) is 74.0 cm³/mol. The maximum Gasteiger partial charge on any atom is 0.157 e. The highest BCUT2D eigenvalue weighted by Gasteiger charge is 2.08. The van der Waals surface area contributed by atoms with Crippen LogP contribution in [0.2, 0.25) is 0 Å². The van der Waals surface area contributed by atoms with Crippen molar-refractivity contribution in [2.75, 3.05) is 5.73 Å². The summed E-state index contributed by atoms with van der Waals surface area (Å²) < 4.78 is 19.1. The van der Waals surface area contributed by atoms with Gasteiger partial charge in [0.2, 0.25) is 0 Å². The van der Waals surface area contributed by atoms with Crippen LogP contribution in [0.15, 0.2) is 40.9 Å². The fourth-order valence-electron chi connectivity index (χ4n) is 1.56. The molecular weight excluding hydrogens is 311 g/mol. The summed E-state index contributed by atoms with van der Waals surface area (Å²) in [5.74, 6) is -0.0131. The minimum absolute atomic E-state index is 0.237. The van der Waals surface area contributed by atoms with E-state index in [-0.39, 0.29) is 5.69 Å². The zero-order valence-electron chi connectivity index (χ0n) is 9.86. The van der Waals surface area contributed by atoms with E-state index in [1.807, 2.05) is 6.07 Å². The van der Waals surface area contributed by atoms with Crippen molar-refractivity contribution in [3.63, 3.8) is 0 Å². The molecule has 2 rings (SSSR count). The van der Waals surface area contributed by atoms with E-state index in [0.29, 0.717) is 22.4 Å². The maximum absolute atomic E-state index is 13.1. The molecule has 0 amide bonds. The molecule has 0 heterocycles. The Labute approximate surface area is 118 Å². The van der Waals surface area contributed by atoms with Crippen LogP contribution in [0.25, 0.3) is 0 Å². The second-order valence-corrected chi connectivity index (χ2v) is 4.76. The predicted octanol–water partition coefficient (Wildman–Crippen LogP) is 3.62. The molecule has 0 aliphatic carbocycles. The first-order valence-corrected chi connectivity index (χ1v) is 6.26. The fourth-order valence-corrected chi connectivity index (χ4v) is 2.13. The Hall–Kier alpha value is -2.06. The average molecular weight is 321 g/mol. The first kappa shape index (κ1) is 13.4. The van der Waals surface area contributed by atoms with Crippen molar-refractivity contribution >= 4 is 21.6 Å². The molecule has 0 bridgehead atoms. The lowest BCUT2D eigenvalue weighted by atomic mass is 10.1. The Morgan fingerprint density at radius 1 is 1.26 bits per heavy atom. The fraction of sp³-hybridized carbons (Fsp3) is 0.0714. The SMILES string of the molecule is N#Cc1ccc(COc2c(N)cc(F)cc2Br)cc1. The zero-order valence-corrected chi connectivity index (χ0v) is 11.4. The molecule has 96 valence electrons. The number of nitrogens with zero attached hydrogens (tertiary/aromatic N) is 1. The molecule has 2 aromatic carbocycles. The molecule has 0 aliphatic rings. The lowest BCUT2D eigenvalue weighted by Gasteiger charge is -2.11. The van der Waals surface area contributed by atoms with Crippen molar-refractivity contribution in [1.29, 1.82) is 5.26 Å². The molecule has 2 aromatic rings. The van der Waals surface area contributed by atoms with E-state index in [4.69, 9.17) is 15.7 Å². The second kappa shape index (κ2) is 5.72. The van der Waals surface area contributed by atoms with Gasteiger partial charge in [0.25, 0.3) is 0 Å². The first-order valence-electron chi connectivity index (χ1n) is 5.46. The van der Waals surface area contributed by atoms with Crippen molar-refractivity contribution in [2.45, 2.75) is 6.61 Å². The zero-order chi connectivity index (χ0) is 13.8. The lowest BCUT2D eigenvalue weighted by Crippen LogP contribution is -2.00. The minimum atomic E-state index is -0.421. The number of hydrogen-bond acceptors (Lipinski definition) is 3. The van der Waals surface area contributed by atoms with Crippen LogP contribution in [0, 0.1) is 17.1 Å². The third kappa shape index (κ3) is 3.24. The molecule has 0 aromatic heterocycles. The Morgan fingerprint density at radius 3 is 2.53 bits per heavy atom. The van der Waals surface area contributed by atoms with Gasteiger partial charge in [-0.15, -0.1) is 0 Å². The van der Waals surface area contributed by atoms with Gasteiger partial charge in [-0.05, 0) is 39.7 Å². The summed E-state index contributed by atoms with van der Waals surface area (Å²) in [6.07, 6.45) is 0. The van der Waals surface area contributed by atoms with E-state index in [2.05, 4.69) is 15.9 Å². The number of nitrogens with two attached hydrogens (primary N) is 1. The molecule has 19 heavy (non-hydrogen) atoms. The number of hydrogen-bond donors (Lipinski definition) is 1. The Bertz CT molecular complexity index is 612. The van der Waals surface area contributed by atoms with E-state index in [9.17, 15) is 4.39 Å². The number of nitriles is 1. The summed E-state index contributed by atoms with van der Waals surface area (Å²) >= 11 is 3.21. The van der Waals surface area contributed by atoms with Crippen LogP contribution in [-0.2, 0) is 6.61 Å². The normalized spacial score (nSPS) is 9.95. The maximum atomic E-state index is 13.1. The molecule has 0 unspecified atom stereocenters. The van der Waals surface area contributed by atoms with Gasteiger partial charge in [0.1, 0.15) is 12.4 Å². The van der Waals surface area contributed by atoms with Gasteiger partial charge in [0.15, 0.2) is 5.75 Å². The summed E-state index contributed by atoms with van der Waals surface area (Å²) in [7, 11) is 0. The van der Waals surface area contributed by atoms with Crippen LogP contribution < -0.4 is 10.5 Å². The molecule has 0 aliphatic heterocycles. The number of benzene rings is 2. The van der Waals surface area contributed by atoms with Crippen LogP contribution in [0.4, 0.5) is 10.1 Å². The molecule has 0 fully saturated rings. The van der Waals surface area contributed by atoms with Crippen LogP contribution in [0.3, 0.4) is 0 Å². The minimum Gasteiger partial charge on any atom is -0.486 e. The summed E-state index contributed by atoms with van der Waals surface area (Å²) in [6, 6.07) is 11.6. The van der Waals surface area contributed by atoms with Crippen molar-refractivity contribution in [1.82, 2.24) is 0 Å². The number of ether oxygens (including phenoxy) is 1. The summed E-state index contributed by atoms with van der Waals surface area (Å²) in [5, 5.41) is 8.70. The van der Waals surface area contributed by atoms with E-state index in [0.717, 1.165) is 5.56 Å². The largest absolute Gasteiger partial charge is 0.486 e. The second-order valence-electron chi connectivity index (χ2n) is 3.90. The van der Waals surface area contributed by atoms with Crippen molar-refractivity contribution < 1.29 is 9.13 Å². The number of rotatable bonds is 3. The van der Waals surface area contributed by atoms with E-state index >= 15 is 0 Å². The Morgan fingerprint density at radius 2 is 1.95 bits per heavy atom. The molecule has 5 heteroatoms. The van der Waals surface area contributed by atoms with Crippen molar-refractivity contribution in [2.24, 2.45) is 0 Å². The smallest absolute Gasteiger partial charge is 0.157 e. The standard InChI is InChI=1S/C14H10BrFN2O/c15-12-5-11(16)6-13(18)14(12)19-8-10-3-1-9(7-17)2-4-10/h1-6H,8,18H2. The molecular formula is C14H10BrFN2O. The van der Waals surface area contributed by atoms with Crippen LogP contribution in [0.1, 0.15) is 11.1 Å². The highest BCUT2D eigenvalue weighted by atomic mass is 79.9. The topological polar surface area (TPSA) is 59.0 Å². The number of nitrogen functional groups attached to an aromatic ring is 1. The van der Waals surface area contributed by atoms with E-state index < -0.39 is 5.82 Å². The van der Waals surface area contributed by atoms with Gasteiger partial charge in [-0.25, -0.2) is 4.39 Å². The molecule has 0 spiro atoms. The van der Waals surface area contributed by atoms with Crippen molar-refractivity contribution in [3.8, 4) is 11.8 Å². The number of halogens is 2. The highest BCUT2D eigenvalue weighted by molar-refractivity contribution is 9.10. The summed E-state index contributed by atoms with van der Waals surface area (Å²) in [6.45, 7) is 0.292.